The van der Waals surface area contributed by atoms with Crippen molar-refractivity contribution >= 4 is 53.0 Å². The highest BCUT2D eigenvalue weighted by atomic mass is 127. The maximum atomic E-state index is 5.63. The highest BCUT2D eigenvalue weighted by molar-refractivity contribution is 14.0. The number of likely N-dealkylation sites (tertiary alicyclic amines) is 1. The number of methoxy groups -OCH3 is 1. The Morgan fingerprint density at radius 3 is 2.80 bits per heavy atom. The van der Waals surface area contributed by atoms with Crippen LogP contribution < -0.4 is 15.4 Å². The van der Waals surface area contributed by atoms with Gasteiger partial charge in [0.1, 0.15) is 10.1 Å². The quantitative estimate of drug-likeness (QED) is 0.149. The molecule has 0 bridgehead atoms. The first-order chi connectivity index (χ1) is 14.3. The molecule has 1 aromatic heterocycles. The average molecular weight is 562 g/mol. The van der Waals surface area contributed by atoms with E-state index in [0.717, 1.165) is 54.4 Å². The van der Waals surface area contributed by atoms with Crippen LogP contribution in [0.3, 0.4) is 0 Å². The summed E-state index contributed by atoms with van der Waals surface area (Å²) in [5.41, 5.74) is 1.24. The number of nitrogens with one attached hydrogen (secondary N) is 2. The van der Waals surface area contributed by atoms with Crippen molar-refractivity contribution in [3.8, 4) is 5.75 Å². The number of hydrogen-bond donors (Lipinski definition) is 2. The monoisotopic (exact) mass is 561 g/mol. The first-order valence-corrected chi connectivity index (χ1v) is 12.0. The van der Waals surface area contributed by atoms with E-state index in [9.17, 15) is 0 Å². The van der Waals surface area contributed by atoms with Crippen LogP contribution in [-0.2, 0) is 0 Å². The van der Waals surface area contributed by atoms with Crippen LogP contribution in [0.1, 0.15) is 30.9 Å². The lowest BCUT2D eigenvalue weighted by molar-refractivity contribution is 0.239. The molecule has 0 saturated carbocycles. The van der Waals surface area contributed by atoms with E-state index < -0.39 is 0 Å². The third-order valence-electron chi connectivity index (χ3n) is 5.01. The Kier molecular flexibility index (Phi) is 11.9. The van der Waals surface area contributed by atoms with Gasteiger partial charge in [-0.3, -0.25) is 9.89 Å². The lowest BCUT2D eigenvalue weighted by Crippen LogP contribution is -2.43. The van der Waals surface area contributed by atoms with Crippen LogP contribution in [0.15, 0.2) is 45.2 Å². The molecule has 30 heavy (non-hydrogen) atoms. The SMILES string of the molecule is CN=C(NCCCSc1nccs1)NCC(c1ccccc1OC)N1CCCC1.I. The van der Waals surface area contributed by atoms with E-state index in [1.807, 2.05) is 42.5 Å². The Balaban J connectivity index is 0.00000320. The van der Waals surface area contributed by atoms with E-state index in [-0.39, 0.29) is 30.0 Å². The van der Waals surface area contributed by atoms with E-state index in [2.05, 4.69) is 37.6 Å². The van der Waals surface area contributed by atoms with Gasteiger partial charge in [-0.25, -0.2) is 4.98 Å². The Hall–Kier alpha value is -1.04. The molecule has 0 radical (unpaired) electrons. The third-order valence-corrected chi connectivity index (χ3v) is 7.07. The van der Waals surface area contributed by atoms with Gasteiger partial charge in [0.2, 0.25) is 0 Å². The van der Waals surface area contributed by atoms with Crippen molar-refractivity contribution < 1.29 is 4.74 Å². The fourth-order valence-corrected chi connectivity index (χ4v) is 5.21. The largest absolute Gasteiger partial charge is 0.496 e. The molecule has 0 aliphatic carbocycles. The van der Waals surface area contributed by atoms with Crippen LogP contribution in [0.25, 0.3) is 0 Å². The van der Waals surface area contributed by atoms with Crippen molar-refractivity contribution in [1.29, 1.82) is 0 Å². The van der Waals surface area contributed by atoms with Crippen molar-refractivity contribution in [2.45, 2.75) is 29.6 Å². The fourth-order valence-electron chi connectivity index (χ4n) is 3.56. The zero-order valence-electron chi connectivity index (χ0n) is 17.7. The molecule has 2 aromatic rings. The first-order valence-electron chi connectivity index (χ1n) is 10.2. The molecule has 1 saturated heterocycles. The van der Waals surface area contributed by atoms with Crippen molar-refractivity contribution in [2.75, 3.05) is 46.1 Å². The molecule has 1 aliphatic heterocycles. The number of guanidine groups is 1. The molecule has 166 valence electrons. The molecule has 2 heterocycles. The smallest absolute Gasteiger partial charge is 0.191 e. The Morgan fingerprint density at radius 1 is 1.30 bits per heavy atom. The number of para-hydroxylation sites is 1. The Morgan fingerprint density at radius 2 is 2.10 bits per heavy atom. The van der Waals surface area contributed by atoms with Gasteiger partial charge in [-0.05, 0) is 38.4 Å². The van der Waals surface area contributed by atoms with Crippen LogP contribution in [0.5, 0.6) is 5.75 Å². The standard InChI is InChI=1S/C21H31N5OS2.HI/c1-22-20(23-10-7-14-28-21-24-11-15-29-21)25-16-18(26-12-5-6-13-26)17-8-3-4-9-19(17)27-2;/h3-4,8-9,11,15,18H,5-7,10,12-14,16H2,1-2H3,(H2,22,23,25);1H. The minimum absolute atomic E-state index is 0. The number of aromatic nitrogens is 1. The minimum Gasteiger partial charge on any atom is -0.496 e. The van der Waals surface area contributed by atoms with Crippen molar-refractivity contribution in [3.05, 3.63) is 41.4 Å². The van der Waals surface area contributed by atoms with E-state index in [0.29, 0.717) is 0 Å². The fraction of sp³-hybridized carbons (Fsp3) is 0.524. The Bertz CT molecular complexity index is 754. The predicted molar refractivity (Wildman–Crippen MR) is 139 cm³/mol. The number of thioether (sulfide) groups is 1. The highest BCUT2D eigenvalue weighted by Gasteiger charge is 2.25. The topological polar surface area (TPSA) is 61.8 Å². The molecule has 0 spiro atoms. The molecular formula is C21H32IN5OS2. The zero-order valence-corrected chi connectivity index (χ0v) is 21.6. The molecule has 1 unspecified atom stereocenters. The molecule has 1 fully saturated rings. The molecule has 9 heteroatoms. The molecule has 1 aromatic carbocycles. The maximum Gasteiger partial charge on any atom is 0.191 e. The molecule has 1 atom stereocenters. The van der Waals surface area contributed by atoms with Gasteiger partial charge in [0, 0.05) is 43.0 Å². The van der Waals surface area contributed by atoms with Gasteiger partial charge in [0.25, 0.3) is 0 Å². The number of aliphatic imine (C=N–C) groups is 1. The predicted octanol–water partition coefficient (Wildman–Crippen LogP) is 4.25. The summed E-state index contributed by atoms with van der Waals surface area (Å²) in [6.07, 6.45) is 5.44. The second-order valence-electron chi connectivity index (χ2n) is 6.88. The maximum absolute atomic E-state index is 5.63. The van der Waals surface area contributed by atoms with Gasteiger partial charge in [0.15, 0.2) is 5.96 Å². The number of halogens is 1. The van der Waals surface area contributed by atoms with E-state index >= 15 is 0 Å². The summed E-state index contributed by atoms with van der Waals surface area (Å²) in [4.78, 5) is 11.2. The lowest BCUT2D eigenvalue weighted by atomic mass is 10.0. The van der Waals surface area contributed by atoms with E-state index in [1.54, 1.807) is 18.4 Å². The van der Waals surface area contributed by atoms with Crippen molar-refractivity contribution in [1.82, 2.24) is 20.5 Å². The number of rotatable bonds is 10. The van der Waals surface area contributed by atoms with Gasteiger partial charge in [0.05, 0.1) is 13.2 Å². The van der Waals surface area contributed by atoms with Crippen LogP contribution >= 0.6 is 47.1 Å². The number of ether oxygens (including phenoxy) is 1. The summed E-state index contributed by atoms with van der Waals surface area (Å²) >= 11 is 3.51. The van der Waals surface area contributed by atoms with Gasteiger partial charge >= 0.3 is 0 Å². The van der Waals surface area contributed by atoms with E-state index in [4.69, 9.17) is 4.74 Å². The third kappa shape index (κ3) is 7.58. The van der Waals surface area contributed by atoms with Crippen LogP contribution in [-0.4, -0.2) is 61.9 Å². The minimum atomic E-state index is 0. The summed E-state index contributed by atoms with van der Waals surface area (Å²) in [5.74, 6) is 2.85. The second kappa shape index (κ2) is 14.1. The number of hydrogen-bond acceptors (Lipinski definition) is 6. The molecule has 1 aliphatic rings. The number of thiazole rings is 1. The van der Waals surface area contributed by atoms with Crippen LogP contribution in [0.4, 0.5) is 0 Å². The zero-order chi connectivity index (χ0) is 20.3. The molecule has 6 nitrogen and oxygen atoms in total. The molecule has 0 amide bonds. The van der Waals surface area contributed by atoms with Crippen LogP contribution in [0, 0.1) is 0 Å². The van der Waals surface area contributed by atoms with Crippen molar-refractivity contribution in [2.24, 2.45) is 4.99 Å². The second-order valence-corrected chi connectivity index (χ2v) is 9.12. The van der Waals surface area contributed by atoms with Gasteiger partial charge < -0.3 is 15.4 Å². The van der Waals surface area contributed by atoms with Crippen molar-refractivity contribution in [3.63, 3.8) is 0 Å². The summed E-state index contributed by atoms with van der Waals surface area (Å²) in [6.45, 7) is 3.95. The molecule has 2 N–H and O–H groups in total. The summed E-state index contributed by atoms with van der Waals surface area (Å²) in [7, 11) is 3.57. The normalized spacial score (nSPS) is 15.5. The summed E-state index contributed by atoms with van der Waals surface area (Å²) in [5, 5.41) is 8.98. The van der Waals surface area contributed by atoms with Gasteiger partial charge in [-0.1, -0.05) is 30.0 Å². The Labute approximate surface area is 205 Å². The number of nitrogens with zero attached hydrogens (tertiary/aromatic N) is 3. The summed E-state index contributed by atoms with van der Waals surface area (Å²) in [6, 6.07) is 8.61. The average Bonchev–Trinajstić information content (AvgIpc) is 3.47. The number of benzene rings is 1. The van der Waals surface area contributed by atoms with Crippen LogP contribution in [0.2, 0.25) is 0 Å². The van der Waals surface area contributed by atoms with Gasteiger partial charge in [-0.15, -0.1) is 35.3 Å². The van der Waals surface area contributed by atoms with E-state index in [1.165, 1.54) is 18.4 Å². The highest BCUT2D eigenvalue weighted by Crippen LogP contribution is 2.31. The first kappa shape index (κ1) is 25.2. The lowest BCUT2D eigenvalue weighted by Gasteiger charge is -2.30. The van der Waals surface area contributed by atoms with Gasteiger partial charge in [-0.2, -0.15) is 0 Å². The molecule has 3 rings (SSSR count). The summed E-state index contributed by atoms with van der Waals surface area (Å²) < 4.78 is 6.77. The molecular weight excluding hydrogens is 529 g/mol.